The Labute approximate surface area is 153 Å². The number of nitrogens with one attached hydrogen (secondary N) is 1. The number of hydrogen-bond acceptors (Lipinski definition) is 2. The van der Waals surface area contributed by atoms with E-state index in [0.717, 1.165) is 39.8 Å². The summed E-state index contributed by atoms with van der Waals surface area (Å²) in [6.07, 6.45) is 3.70. The number of aromatic amines is 1. The molecule has 0 spiro atoms. The van der Waals surface area contributed by atoms with Crippen LogP contribution in [0.25, 0.3) is 22.9 Å². The van der Waals surface area contributed by atoms with E-state index >= 15 is 0 Å². The number of fused-ring (bicyclic) bond motifs is 1. The minimum atomic E-state index is -0.317. The second-order valence-corrected chi connectivity index (χ2v) is 6.99. The van der Waals surface area contributed by atoms with Crippen LogP contribution in [0.15, 0.2) is 59.1 Å². The van der Waals surface area contributed by atoms with Crippen LogP contribution in [-0.2, 0) is 6.42 Å². The molecule has 4 nitrogen and oxygen atoms in total. The first-order valence-corrected chi connectivity index (χ1v) is 8.83. The fourth-order valence-electron chi connectivity index (χ4n) is 3.28. The molecule has 0 aliphatic heterocycles. The van der Waals surface area contributed by atoms with Crippen molar-refractivity contribution in [2.45, 2.75) is 12.8 Å². The molecule has 1 N–H and O–H groups in total. The van der Waals surface area contributed by atoms with Crippen LogP contribution >= 0.6 is 15.9 Å². The molecule has 1 heterocycles. The van der Waals surface area contributed by atoms with Crippen molar-refractivity contribution in [1.82, 2.24) is 4.98 Å². The zero-order valence-corrected chi connectivity index (χ0v) is 14.9. The van der Waals surface area contributed by atoms with Crippen molar-refractivity contribution < 1.29 is 4.92 Å². The highest BCUT2D eigenvalue weighted by atomic mass is 79.9. The van der Waals surface area contributed by atoms with Gasteiger partial charge in [-0.05, 0) is 53.8 Å². The van der Waals surface area contributed by atoms with Crippen molar-refractivity contribution in [2.24, 2.45) is 0 Å². The largest absolute Gasteiger partial charge is 0.355 e. The third-order valence-corrected chi connectivity index (χ3v) is 5.00. The Bertz CT molecular complexity index is 990. The Morgan fingerprint density at radius 3 is 2.60 bits per heavy atom. The molecular formula is C20H15BrN2O2. The van der Waals surface area contributed by atoms with Crippen LogP contribution in [-0.4, -0.2) is 9.91 Å². The third kappa shape index (κ3) is 3.03. The first-order valence-electron chi connectivity index (χ1n) is 8.04. The third-order valence-electron chi connectivity index (χ3n) is 4.50. The van der Waals surface area contributed by atoms with E-state index in [9.17, 15) is 10.1 Å². The van der Waals surface area contributed by atoms with Gasteiger partial charge in [0, 0.05) is 21.9 Å². The van der Waals surface area contributed by atoms with Crippen molar-refractivity contribution in [1.29, 1.82) is 0 Å². The minimum absolute atomic E-state index is 0.146. The Morgan fingerprint density at radius 1 is 1.04 bits per heavy atom. The summed E-state index contributed by atoms with van der Waals surface area (Å²) in [5, 5.41) is 11.4. The zero-order valence-electron chi connectivity index (χ0n) is 13.3. The van der Waals surface area contributed by atoms with Gasteiger partial charge in [0.2, 0.25) is 0 Å². The van der Waals surface area contributed by atoms with Crippen molar-refractivity contribution in [3.8, 4) is 11.3 Å². The second-order valence-electron chi connectivity index (χ2n) is 6.08. The lowest BCUT2D eigenvalue weighted by molar-refractivity contribution is -0.385. The van der Waals surface area contributed by atoms with E-state index in [-0.39, 0.29) is 10.6 Å². The number of nitro benzene ring substituents is 1. The first kappa shape index (κ1) is 15.8. The maximum Gasteiger partial charge on any atom is 0.276 e. The number of allylic oxidation sites excluding steroid dienone is 1. The molecule has 0 unspecified atom stereocenters. The monoisotopic (exact) mass is 394 g/mol. The van der Waals surface area contributed by atoms with Gasteiger partial charge in [-0.15, -0.1) is 0 Å². The van der Waals surface area contributed by atoms with Gasteiger partial charge in [-0.1, -0.05) is 46.3 Å². The highest BCUT2D eigenvalue weighted by Crippen LogP contribution is 2.37. The van der Waals surface area contributed by atoms with Gasteiger partial charge in [-0.25, -0.2) is 0 Å². The Kier molecular flexibility index (Phi) is 4.01. The van der Waals surface area contributed by atoms with Gasteiger partial charge < -0.3 is 4.98 Å². The molecule has 0 fully saturated rings. The summed E-state index contributed by atoms with van der Waals surface area (Å²) in [5.41, 5.74) is 6.32. The van der Waals surface area contributed by atoms with Crippen LogP contribution in [0.3, 0.4) is 0 Å². The molecule has 5 heteroatoms. The molecule has 3 aromatic rings. The molecule has 0 bridgehead atoms. The standard InChI is InChI=1S/C20H15BrN2O2/c21-16-8-9-20(23(24)25)17(12-16)14-6-7-15-11-18(22-19(15)10-14)13-4-2-1-3-5-13/h1-5,8-12,22H,6-7H2. The Morgan fingerprint density at radius 2 is 1.84 bits per heavy atom. The van der Waals surface area contributed by atoms with Crippen molar-refractivity contribution in [3.05, 3.63) is 86.0 Å². The van der Waals surface area contributed by atoms with Gasteiger partial charge in [0.05, 0.1) is 10.5 Å². The molecule has 0 radical (unpaired) electrons. The van der Waals surface area contributed by atoms with Gasteiger partial charge in [0.25, 0.3) is 5.69 Å². The molecule has 1 aliphatic rings. The van der Waals surface area contributed by atoms with Crippen LogP contribution in [0, 0.1) is 10.1 Å². The van der Waals surface area contributed by atoms with E-state index in [1.165, 1.54) is 5.56 Å². The van der Waals surface area contributed by atoms with Crippen molar-refractivity contribution in [2.75, 3.05) is 0 Å². The zero-order chi connectivity index (χ0) is 17.4. The van der Waals surface area contributed by atoms with Crippen LogP contribution in [0.5, 0.6) is 0 Å². The maximum absolute atomic E-state index is 11.4. The second kappa shape index (κ2) is 6.33. The highest BCUT2D eigenvalue weighted by Gasteiger charge is 2.21. The summed E-state index contributed by atoms with van der Waals surface area (Å²) >= 11 is 3.42. The molecule has 1 aliphatic carbocycles. The Balaban J connectivity index is 1.77. The number of aryl methyl sites for hydroxylation is 1. The normalized spacial score (nSPS) is 13.2. The van der Waals surface area contributed by atoms with Crippen LogP contribution in [0.2, 0.25) is 0 Å². The number of nitrogens with zero attached hydrogens (tertiary/aromatic N) is 1. The summed E-state index contributed by atoms with van der Waals surface area (Å²) in [5.74, 6) is 0. The molecule has 0 saturated carbocycles. The lowest BCUT2D eigenvalue weighted by atomic mass is 9.91. The van der Waals surface area contributed by atoms with Crippen LogP contribution in [0.4, 0.5) is 5.69 Å². The van der Waals surface area contributed by atoms with Gasteiger partial charge in [-0.2, -0.15) is 0 Å². The quantitative estimate of drug-likeness (QED) is 0.448. The SMILES string of the molecule is O=[N+]([O-])c1ccc(Br)cc1C1=Cc2[nH]c(-c3ccccc3)cc2CC1. The molecule has 0 atom stereocenters. The predicted molar refractivity (Wildman–Crippen MR) is 103 cm³/mol. The molecule has 0 saturated heterocycles. The van der Waals surface area contributed by atoms with E-state index in [4.69, 9.17) is 0 Å². The molecule has 2 aromatic carbocycles. The van der Waals surface area contributed by atoms with Crippen molar-refractivity contribution >= 4 is 33.3 Å². The lowest BCUT2D eigenvalue weighted by Crippen LogP contribution is -2.00. The van der Waals surface area contributed by atoms with E-state index in [2.05, 4.69) is 39.1 Å². The fraction of sp³-hybridized carbons (Fsp3) is 0.100. The van der Waals surface area contributed by atoms with Crippen LogP contribution in [0.1, 0.15) is 23.2 Å². The number of halogens is 1. The average Bonchev–Trinajstić information content (AvgIpc) is 3.05. The van der Waals surface area contributed by atoms with Crippen molar-refractivity contribution in [3.63, 3.8) is 0 Å². The summed E-state index contributed by atoms with van der Waals surface area (Å²) in [7, 11) is 0. The van der Waals surface area contributed by atoms with E-state index in [1.54, 1.807) is 12.1 Å². The maximum atomic E-state index is 11.4. The van der Waals surface area contributed by atoms with E-state index < -0.39 is 0 Å². The number of H-pyrrole nitrogens is 1. The molecule has 4 rings (SSSR count). The Hall–Kier alpha value is -2.66. The number of aromatic nitrogens is 1. The van der Waals surface area contributed by atoms with Gasteiger partial charge in [0.1, 0.15) is 0 Å². The van der Waals surface area contributed by atoms with E-state index in [0.29, 0.717) is 5.56 Å². The van der Waals surface area contributed by atoms with Crippen LogP contribution < -0.4 is 0 Å². The summed E-state index contributed by atoms with van der Waals surface area (Å²) in [6, 6.07) is 17.4. The average molecular weight is 395 g/mol. The lowest BCUT2D eigenvalue weighted by Gasteiger charge is -2.14. The minimum Gasteiger partial charge on any atom is -0.355 e. The van der Waals surface area contributed by atoms with Gasteiger partial charge >= 0.3 is 0 Å². The molecule has 1 aromatic heterocycles. The molecule has 0 amide bonds. The summed E-state index contributed by atoms with van der Waals surface area (Å²) in [6.45, 7) is 0. The molecule has 25 heavy (non-hydrogen) atoms. The highest BCUT2D eigenvalue weighted by molar-refractivity contribution is 9.10. The predicted octanol–water partition coefficient (Wildman–Crippen LogP) is 5.84. The van der Waals surface area contributed by atoms with Gasteiger partial charge in [0.15, 0.2) is 0 Å². The smallest absolute Gasteiger partial charge is 0.276 e. The molecule has 124 valence electrons. The number of rotatable bonds is 3. The summed E-state index contributed by atoms with van der Waals surface area (Å²) in [4.78, 5) is 14.5. The summed E-state index contributed by atoms with van der Waals surface area (Å²) < 4.78 is 0.844. The van der Waals surface area contributed by atoms with E-state index in [1.807, 2.05) is 30.3 Å². The number of nitro groups is 1. The van der Waals surface area contributed by atoms with Gasteiger partial charge in [-0.3, -0.25) is 10.1 Å². The molecular weight excluding hydrogens is 380 g/mol. The number of hydrogen-bond donors (Lipinski definition) is 1. The first-order chi connectivity index (χ1) is 12.1. The number of benzene rings is 2. The topological polar surface area (TPSA) is 58.9 Å². The fourth-order valence-corrected chi connectivity index (χ4v) is 3.64.